The zero-order valence-electron chi connectivity index (χ0n) is 13.6. The molecule has 2 aliphatic rings. The fourth-order valence-electron chi connectivity index (χ4n) is 3.74. The number of nitrogens with one attached hydrogen (secondary N) is 1. The molecule has 1 heterocycles. The van der Waals surface area contributed by atoms with Gasteiger partial charge in [-0.2, -0.15) is 0 Å². The second kappa shape index (κ2) is 6.77. The van der Waals surface area contributed by atoms with Gasteiger partial charge < -0.3 is 15.0 Å². The molecule has 1 N–H and O–H groups in total. The van der Waals surface area contributed by atoms with E-state index in [-0.39, 0.29) is 42.0 Å². The van der Waals surface area contributed by atoms with Crippen molar-refractivity contribution in [2.24, 2.45) is 5.92 Å². The molecule has 0 aromatic heterocycles. The van der Waals surface area contributed by atoms with Gasteiger partial charge in [-0.15, -0.1) is 0 Å². The summed E-state index contributed by atoms with van der Waals surface area (Å²) in [6.07, 6.45) is 4.60. The molecule has 4 atom stereocenters. The van der Waals surface area contributed by atoms with Crippen molar-refractivity contribution in [1.82, 2.24) is 10.2 Å². The SMILES string of the molecule is CCCC1NC(=O)C(C(C)C)N(C2CCCC2OC)C1=O. The van der Waals surface area contributed by atoms with Crippen molar-refractivity contribution in [3.05, 3.63) is 0 Å². The van der Waals surface area contributed by atoms with Crippen LogP contribution in [0, 0.1) is 5.92 Å². The molecule has 0 aromatic carbocycles. The van der Waals surface area contributed by atoms with E-state index in [0.29, 0.717) is 6.42 Å². The highest BCUT2D eigenvalue weighted by atomic mass is 16.5. The number of hydrogen-bond donors (Lipinski definition) is 1. The molecule has 0 spiro atoms. The Morgan fingerprint density at radius 1 is 1.33 bits per heavy atom. The number of carbonyl (C=O) groups excluding carboxylic acids is 2. The van der Waals surface area contributed by atoms with Crippen LogP contribution in [-0.4, -0.2) is 48.1 Å². The first-order valence-corrected chi connectivity index (χ1v) is 8.16. The summed E-state index contributed by atoms with van der Waals surface area (Å²) in [5.74, 6) is 0.170. The predicted octanol–water partition coefficient (Wildman–Crippen LogP) is 1.71. The molecule has 2 amide bonds. The normalized spacial score (nSPS) is 33.7. The van der Waals surface area contributed by atoms with Crippen molar-refractivity contribution < 1.29 is 14.3 Å². The maximum atomic E-state index is 12.9. The summed E-state index contributed by atoms with van der Waals surface area (Å²) in [7, 11) is 1.70. The predicted molar refractivity (Wildman–Crippen MR) is 80.7 cm³/mol. The summed E-state index contributed by atoms with van der Waals surface area (Å²) >= 11 is 0. The highest BCUT2D eigenvalue weighted by Crippen LogP contribution is 2.32. The second-order valence-corrected chi connectivity index (χ2v) is 6.56. The van der Waals surface area contributed by atoms with Gasteiger partial charge in [-0.1, -0.05) is 27.2 Å². The van der Waals surface area contributed by atoms with Crippen molar-refractivity contribution >= 4 is 11.8 Å². The maximum absolute atomic E-state index is 12.9. The van der Waals surface area contributed by atoms with E-state index in [1.165, 1.54) is 0 Å². The van der Waals surface area contributed by atoms with E-state index in [4.69, 9.17) is 4.74 Å². The lowest BCUT2D eigenvalue weighted by Gasteiger charge is -2.45. The molecular formula is C16H28N2O3. The Kier molecular flexibility index (Phi) is 5.25. The van der Waals surface area contributed by atoms with E-state index in [1.54, 1.807) is 7.11 Å². The van der Waals surface area contributed by atoms with Crippen LogP contribution in [0.15, 0.2) is 0 Å². The topological polar surface area (TPSA) is 58.6 Å². The summed E-state index contributed by atoms with van der Waals surface area (Å²) in [5, 5.41) is 2.91. The van der Waals surface area contributed by atoms with Crippen LogP contribution in [0.25, 0.3) is 0 Å². The number of piperazine rings is 1. The second-order valence-electron chi connectivity index (χ2n) is 6.56. The zero-order valence-corrected chi connectivity index (χ0v) is 13.6. The van der Waals surface area contributed by atoms with Gasteiger partial charge in [0.15, 0.2) is 0 Å². The average Bonchev–Trinajstić information content (AvgIpc) is 2.89. The van der Waals surface area contributed by atoms with Gasteiger partial charge >= 0.3 is 0 Å². The third-order valence-corrected chi connectivity index (χ3v) is 4.72. The number of hydrogen-bond acceptors (Lipinski definition) is 3. The van der Waals surface area contributed by atoms with Crippen molar-refractivity contribution in [3.8, 4) is 0 Å². The summed E-state index contributed by atoms with van der Waals surface area (Å²) in [6, 6.07) is -0.692. The van der Waals surface area contributed by atoms with Gasteiger partial charge in [0.05, 0.1) is 12.1 Å². The molecule has 1 aliphatic carbocycles. The Bertz CT molecular complexity index is 397. The van der Waals surface area contributed by atoms with E-state index in [9.17, 15) is 9.59 Å². The zero-order chi connectivity index (χ0) is 15.6. The molecule has 4 unspecified atom stereocenters. The molecule has 2 fully saturated rings. The lowest BCUT2D eigenvalue weighted by Crippen LogP contribution is -2.68. The molecule has 2 rings (SSSR count). The smallest absolute Gasteiger partial charge is 0.246 e. The van der Waals surface area contributed by atoms with Crippen LogP contribution in [0.2, 0.25) is 0 Å². The molecule has 0 aromatic rings. The Morgan fingerprint density at radius 2 is 2.05 bits per heavy atom. The van der Waals surface area contributed by atoms with Crippen molar-refractivity contribution in [1.29, 1.82) is 0 Å². The minimum atomic E-state index is -0.369. The van der Waals surface area contributed by atoms with Crippen LogP contribution in [-0.2, 0) is 14.3 Å². The largest absolute Gasteiger partial charge is 0.379 e. The molecule has 1 saturated heterocycles. The van der Waals surface area contributed by atoms with Gasteiger partial charge in [0.25, 0.3) is 0 Å². The van der Waals surface area contributed by atoms with Crippen molar-refractivity contribution in [2.75, 3.05) is 7.11 Å². The van der Waals surface area contributed by atoms with Crippen molar-refractivity contribution in [2.45, 2.75) is 77.1 Å². The third-order valence-electron chi connectivity index (χ3n) is 4.72. The quantitative estimate of drug-likeness (QED) is 0.840. The van der Waals surface area contributed by atoms with Crippen LogP contribution >= 0.6 is 0 Å². The van der Waals surface area contributed by atoms with Gasteiger partial charge in [0.1, 0.15) is 12.1 Å². The standard InChI is InChI=1S/C16H28N2O3/c1-5-7-11-16(20)18(12-8-6-9-13(12)21-4)14(10(2)3)15(19)17-11/h10-14H,5-9H2,1-4H3,(H,17,19). The maximum Gasteiger partial charge on any atom is 0.246 e. The Morgan fingerprint density at radius 3 is 2.62 bits per heavy atom. The average molecular weight is 296 g/mol. The molecular weight excluding hydrogens is 268 g/mol. The summed E-state index contributed by atoms with van der Waals surface area (Å²) < 4.78 is 5.56. The summed E-state index contributed by atoms with van der Waals surface area (Å²) in [6.45, 7) is 6.04. The van der Waals surface area contributed by atoms with Crippen LogP contribution < -0.4 is 5.32 Å². The highest BCUT2D eigenvalue weighted by Gasteiger charge is 2.47. The highest BCUT2D eigenvalue weighted by molar-refractivity contribution is 5.97. The number of nitrogens with zero attached hydrogens (tertiary/aromatic N) is 1. The minimum Gasteiger partial charge on any atom is -0.379 e. The molecule has 5 heteroatoms. The number of methoxy groups -OCH3 is 1. The van der Waals surface area contributed by atoms with E-state index in [2.05, 4.69) is 5.32 Å². The van der Waals surface area contributed by atoms with Crippen LogP contribution in [0.5, 0.6) is 0 Å². The molecule has 0 bridgehead atoms. The first kappa shape index (κ1) is 16.3. The molecule has 1 aliphatic heterocycles. The lowest BCUT2D eigenvalue weighted by molar-refractivity contribution is -0.157. The molecule has 5 nitrogen and oxygen atoms in total. The monoisotopic (exact) mass is 296 g/mol. The lowest BCUT2D eigenvalue weighted by atomic mass is 9.93. The molecule has 120 valence electrons. The van der Waals surface area contributed by atoms with E-state index < -0.39 is 0 Å². The fourth-order valence-corrected chi connectivity index (χ4v) is 3.74. The van der Waals surface area contributed by atoms with Gasteiger partial charge in [-0.05, 0) is 31.6 Å². The Labute approximate surface area is 127 Å². The molecule has 1 saturated carbocycles. The van der Waals surface area contributed by atoms with E-state index >= 15 is 0 Å². The van der Waals surface area contributed by atoms with Crippen LogP contribution in [0.1, 0.15) is 52.9 Å². The number of rotatable bonds is 5. The first-order chi connectivity index (χ1) is 10.0. The van der Waals surface area contributed by atoms with Gasteiger partial charge in [0.2, 0.25) is 11.8 Å². The molecule has 21 heavy (non-hydrogen) atoms. The summed E-state index contributed by atoms with van der Waals surface area (Å²) in [4.78, 5) is 27.2. The fraction of sp³-hybridized carbons (Fsp3) is 0.875. The number of ether oxygens (including phenoxy) is 1. The number of carbonyl (C=O) groups is 2. The van der Waals surface area contributed by atoms with Gasteiger partial charge in [-0.3, -0.25) is 9.59 Å². The van der Waals surface area contributed by atoms with Crippen LogP contribution in [0.3, 0.4) is 0 Å². The minimum absolute atomic E-state index is 0.00944. The third kappa shape index (κ3) is 3.07. The van der Waals surface area contributed by atoms with Gasteiger partial charge in [0, 0.05) is 7.11 Å². The van der Waals surface area contributed by atoms with Crippen molar-refractivity contribution in [3.63, 3.8) is 0 Å². The van der Waals surface area contributed by atoms with Crippen LogP contribution in [0.4, 0.5) is 0 Å². The van der Waals surface area contributed by atoms with E-state index in [1.807, 2.05) is 25.7 Å². The summed E-state index contributed by atoms with van der Waals surface area (Å²) in [5.41, 5.74) is 0. The Balaban J connectivity index is 2.29. The first-order valence-electron chi connectivity index (χ1n) is 8.16. The van der Waals surface area contributed by atoms with Gasteiger partial charge in [-0.25, -0.2) is 0 Å². The Hall–Kier alpha value is -1.10. The number of amides is 2. The van der Waals surface area contributed by atoms with E-state index in [0.717, 1.165) is 25.7 Å². The molecule has 0 radical (unpaired) electrons.